The molecule has 1 amide bonds. The predicted molar refractivity (Wildman–Crippen MR) is 132 cm³/mol. The fourth-order valence-electron chi connectivity index (χ4n) is 4.06. The van der Waals surface area contributed by atoms with Crippen LogP contribution in [0.25, 0.3) is 22.6 Å². The molecule has 0 aliphatic heterocycles. The summed E-state index contributed by atoms with van der Waals surface area (Å²) in [4.78, 5) is 10.6. The van der Waals surface area contributed by atoms with E-state index in [-0.39, 0.29) is 17.8 Å². The highest BCUT2D eigenvalue weighted by Gasteiger charge is 2.65. The summed E-state index contributed by atoms with van der Waals surface area (Å²) < 4.78 is 70.5. The van der Waals surface area contributed by atoms with Crippen LogP contribution in [0.2, 0.25) is 0 Å². The number of halogens is 5. The van der Waals surface area contributed by atoms with Crippen LogP contribution in [-0.4, -0.2) is 30.3 Å². The lowest BCUT2D eigenvalue weighted by Crippen LogP contribution is -2.15. The van der Waals surface area contributed by atoms with Gasteiger partial charge in [-0.3, -0.25) is 14.5 Å². The zero-order chi connectivity index (χ0) is 27.5. The maximum atomic E-state index is 13.4. The predicted octanol–water partition coefficient (Wildman–Crippen LogP) is 6.91. The molecule has 2 aromatic carbocycles. The van der Waals surface area contributed by atoms with Crippen molar-refractivity contribution in [1.82, 2.24) is 24.4 Å². The number of fused-ring (bicyclic) bond motifs is 1. The Kier molecular flexibility index (Phi) is 5.06. The molecule has 3 aromatic heterocycles. The number of carbonyl (C=O) groups is 1. The summed E-state index contributed by atoms with van der Waals surface area (Å²) >= 11 is 0. The quantitative estimate of drug-likeness (QED) is 0.233. The standard InChI is InChI=1S/C24H18F5N7OS/c1-14-5-15(2)22(35-3-4-36-23(35)10-21(34-36)18-12-31-32-13-18)9-20(14)33-24(37)17-6-16(11-30)7-19(8-17)38(25,26,27,28)29/h3-10,12-13H,1-2H3,(H,31,32)(H,33,37). The summed E-state index contributed by atoms with van der Waals surface area (Å²) in [5.41, 5.74) is 2.97. The van der Waals surface area contributed by atoms with Crippen molar-refractivity contribution in [1.29, 1.82) is 5.26 Å². The van der Waals surface area contributed by atoms with Crippen molar-refractivity contribution in [2.75, 3.05) is 5.32 Å². The van der Waals surface area contributed by atoms with Crippen molar-refractivity contribution < 1.29 is 24.2 Å². The Morgan fingerprint density at radius 2 is 1.79 bits per heavy atom. The minimum absolute atomic E-state index is 0.0359. The number of hydrogen-bond acceptors (Lipinski definition) is 4. The van der Waals surface area contributed by atoms with Crippen molar-refractivity contribution in [3.05, 3.63) is 83.4 Å². The number of aromatic nitrogens is 5. The van der Waals surface area contributed by atoms with Crippen LogP contribution >= 0.6 is 10.2 Å². The van der Waals surface area contributed by atoms with Crippen LogP contribution in [0, 0.1) is 25.2 Å². The van der Waals surface area contributed by atoms with E-state index in [0.29, 0.717) is 22.6 Å². The van der Waals surface area contributed by atoms with Gasteiger partial charge in [-0.1, -0.05) is 25.5 Å². The number of nitriles is 1. The fraction of sp³-hybridized carbons (Fsp3) is 0.0833. The number of imidazole rings is 1. The van der Waals surface area contributed by atoms with Crippen molar-refractivity contribution in [3.8, 4) is 23.0 Å². The SMILES string of the molecule is Cc1cc(C)c(-n2ccn3nc(-c4cn[nH]c4)cc23)cc1NC(=O)c1cc(C#N)cc(S(F)(F)(F)(F)F)c1. The minimum atomic E-state index is -10.1. The zero-order valence-corrected chi connectivity index (χ0v) is 20.5. The van der Waals surface area contributed by atoms with Crippen LogP contribution in [0.3, 0.4) is 0 Å². The molecule has 3 heterocycles. The van der Waals surface area contributed by atoms with Gasteiger partial charge in [0.2, 0.25) is 0 Å². The third-order valence-corrected chi connectivity index (χ3v) is 7.03. The molecule has 0 aliphatic carbocycles. The number of benzene rings is 2. The lowest BCUT2D eigenvalue weighted by atomic mass is 10.1. The van der Waals surface area contributed by atoms with E-state index in [1.165, 1.54) is 6.07 Å². The van der Waals surface area contributed by atoms with Crippen LogP contribution in [0.5, 0.6) is 0 Å². The Bertz CT molecular complexity index is 1780. The Balaban J connectivity index is 1.54. The molecule has 0 radical (unpaired) electrons. The topological polar surface area (TPSA) is 104 Å². The van der Waals surface area contributed by atoms with Gasteiger partial charge in [0.15, 0.2) is 0 Å². The summed E-state index contributed by atoms with van der Waals surface area (Å²) in [6, 6.07) is 7.53. The first-order chi connectivity index (χ1) is 17.6. The molecule has 5 aromatic rings. The maximum absolute atomic E-state index is 13.4. The molecule has 0 saturated heterocycles. The van der Waals surface area contributed by atoms with Gasteiger partial charge in [0.25, 0.3) is 5.91 Å². The van der Waals surface area contributed by atoms with E-state index >= 15 is 0 Å². The number of aryl methyl sites for hydroxylation is 2. The molecular weight excluding hydrogens is 529 g/mol. The van der Waals surface area contributed by atoms with E-state index in [2.05, 4.69) is 20.6 Å². The summed E-state index contributed by atoms with van der Waals surface area (Å²) in [6.45, 7) is 3.52. The van der Waals surface area contributed by atoms with Gasteiger partial charge in [0, 0.05) is 41.5 Å². The summed E-state index contributed by atoms with van der Waals surface area (Å²) in [7, 11) is -10.1. The van der Waals surface area contributed by atoms with Crippen LogP contribution < -0.4 is 5.32 Å². The molecule has 8 nitrogen and oxygen atoms in total. The van der Waals surface area contributed by atoms with E-state index in [0.717, 1.165) is 17.2 Å². The van der Waals surface area contributed by atoms with Gasteiger partial charge in [-0.25, -0.2) is 4.52 Å². The first-order valence-electron chi connectivity index (χ1n) is 10.9. The van der Waals surface area contributed by atoms with Crippen molar-refractivity contribution in [3.63, 3.8) is 0 Å². The van der Waals surface area contributed by atoms with Crippen LogP contribution in [-0.2, 0) is 0 Å². The molecule has 38 heavy (non-hydrogen) atoms. The Hall–Kier alpha value is -4.64. The number of rotatable bonds is 5. The summed E-state index contributed by atoms with van der Waals surface area (Å²) in [5, 5.41) is 22.7. The molecule has 0 spiro atoms. The molecule has 0 saturated carbocycles. The second-order valence-electron chi connectivity index (χ2n) is 8.72. The number of H-pyrrole nitrogens is 1. The maximum Gasteiger partial charge on any atom is 0.310 e. The number of amides is 1. The summed E-state index contributed by atoms with van der Waals surface area (Å²) in [5.74, 6) is -1.08. The van der Waals surface area contributed by atoms with E-state index in [4.69, 9.17) is 5.26 Å². The van der Waals surface area contributed by atoms with Gasteiger partial charge in [-0.2, -0.15) is 15.5 Å². The second kappa shape index (κ2) is 7.68. The number of anilines is 1. The van der Waals surface area contributed by atoms with Gasteiger partial charge in [0.05, 0.1) is 29.2 Å². The van der Waals surface area contributed by atoms with Crippen LogP contribution in [0.1, 0.15) is 27.0 Å². The highest BCUT2D eigenvalue weighted by atomic mass is 32.5. The molecule has 0 aliphatic rings. The van der Waals surface area contributed by atoms with Crippen molar-refractivity contribution >= 4 is 27.5 Å². The van der Waals surface area contributed by atoms with E-state index in [1.807, 2.05) is 17.6 Å². The van der Waals surface area contributed by atoms with E-state index < -0.39 is 32.2 Å². The Labute approximate surface area is 212 Å². The van der Waals surface area contributed by atoms with E-state index in [1.54, 1.807) is 48.4 Å². The fourth-order valence-corrected chi connectivity index (χ4v) is 4.76. The molecule has 196 valence electrons. The van der Waals surface area contributed by atoms with Gasteiger partial charge in [-0.05, 0) is 49.2 Å². The number of hydrogen-bond donors (Lipinski definition) is 2. The first kappa shape index (κ1) is 25.0. The number of nitrogens with one attached hydrogen (secondary N) is 2. The van der Waals surface area contributed by atoms with Crippen LogP contribution in [0.4, 0.5) is 25.1 Å². The normalized spacial score (nSPS) is 13.6. The number of carbonyl (C=O) groups excluding carboxylic acids is 1. The Morgan fingerprint density at radius 1 is 1.03 bits per heavy atom. The lowest BCUT2D eigenvalue weighted by Gasteiger charge is -2.40. The molecule has 14 heteroatoms. The summed E-state index contributed by atoms with van der Waals surface area (Å²) in [6.07, 6.45) is 6.80. The van der Waals surface area contributed by atoms with Crippen molar-refractivity contribution in [2.45, 2.75) is 18.7 Å². The largest absolute Gasteiger partial charge is 0.322 e. The molecule has 0 unspecified atom stereocenters. The smallest absolute Gasteiger partial charge is 0.310 e. The van der Waals surface area contributed by atoms with Gasteiger partial charge in [-0.15, -0.1) is 0 Å². The average molecular weight is 548 g/mol. The molecule has 2 N–H and O–H groups in total. The third-order valence-electron chi connectivity index (χ3n) is 5.91. The molecule has 0 atom stereocenters. The Morgan fingerprint density at radius 3 is 2.45 bits per heavy atom. The lowest BCUT2D eigenvalue weighted by molar-refractivity contribution is 0.102. The zero-order valence-electron chi connectivity index (χ0n) is 19.7. The minimum Gasteiger partial charge on any atom is -0.322 e. The van der Waals surface area contributed by atoms with Gasteiger partial charge < -0.3 is 5.32 Å². The average Bonchev–Trinajstić information content (AvgIpc) is 3.56. The molecular formula is C24H18F5N7OS. The highest BCUT2D eigenvalue weighted by molar-refractivity contribution is 8.45. The third kappa shape index (κ3) is 4.59. The second-order valence-corrected chi connectivity index (χ2v) is 11.1. The van der Waals surface area contributed by atoms with E-state index in [9.17, 15) is 24.2 Å². The molecule has 5 rings (SSSR count). The first-order valence-corrected chi connectivity index (χ1v) is 12.9. The van der Waals surface area contributed by atoms with Gasteiger partial charge >= 0.3 is 10.2 Å². The number of aromatic amines is 1. The number of nitrogens with zero attached hydrogens (tertiary/aromatic N) is 5. The highest BCUT2D eigenvalue weighted by Crippen LogP contribution is 3.02. The van der Waals surface area contributed by atoms with Gasteiger partial charge in [0.1, 0.15) is 10.5 Å². The molecule has 0 fully saturated rings. The monoisotopic (exact) mass is 547 g/mol. The molecule has 0 bridgehead atoms. The van der Waals surface area contributed by atoms with Crippen LogP contribution in [0.15, 0.2) is 66.1 Å². The van der Waals surface area contributed by atoms with Crippen molar-refractivity contribution in [2.24, 2.45) is 0 Å².